The van der Waals surface area contributed by atoms with Crippen LogP contribution < -0.4 is 4.90 Å². The van der Waals surface area contributed by atoms with Crippen LogP contribution in [0.2, 0.25) is 0 Å². The van der Waals surface area contributed by atoms with Gasteiger partial charge in [0.05, 0.1) is 0 Å². The highest BCUT2D eigenvalue weighted by Crippen LogP contribution is 2.36. The number of phenols is 1. The van der Waals surface area contributed by atoms with Crippen LogP contribution in [0.5, 0.6) is 5.75 Å². The minimum atomic E-state index is -0.353. The summed E-state index contributed by atoms with van der Waals surface area (Å²) < 4.78 is 1.55. The van der Waals surface area contributed by atoms with Gasteiger partial charge in [-0.15, -0.1) is 0 Å². The molecule has 124 valence electrons. The van der Waals surface area contributed by atoms with Crippen LogP contribution in [0, 0.1) is 10.1 Å². The van der Waals surface area contributed by atoms with E-state index in [0.29, 0.717) is 16.7 Å². The molecule has 0 unspecified atom stereocenters. The molecule has 1 saturated heterocycles. The van der Waals surface area contributed by atoms with E-state index in [1.54, 1.807) is 28.1 Å². The molecule has 0 amide bonds. The normalized spacial score (nSPS) is 15.9. The fourth-order valence-corrected chi connectivity index (χ4v) is 4.02. The number of nitrogens with zero attached hydrogens (tertiary/aromatic N) is 4. The van der Waals surface area contributed by atoms with Gasteiger partial charge in [0, 0.05) is 18.5 Å². The molecule has 2 aromatic heterocycles. The van der Waals surface area contributed by atoms with Crippen molar-refractivity contribution in [2.75, 3.05) is 18.0 Å². The maximum absolute atomic E-state index is 11.5. The highest BCUT2D eigenvalue weighted by atomic mass is 32.1. The summed E-state index contributed by atoms with van der Waals surface area (Å²) in [5, 5.41) is 22.7. The number of imidazole rings is 1. The lowest BCUT2D eigenvalue weighted by molar-refractivity contribution is -0.389. The largest absolute Gasteiger partial charge is 0.508 e. The molecule has 1 aromatic carbocycles. The molecule has 24 heavy (non-hydrogen) atoms. The van der Waals surface area contributed by atoms with Gasteiger partial charge in [0.1, 0.15) is 11.9 Å². The molecular weight excluding hydrogens is 328 g/mol. The molecular formula is C16H16N4O3S. The van der Waals surface area contributed by atoms with Crippen LogP contribution in [0.4, 0.5) is 11.6 Å². The third-order valence-corrected chi connectivity index (χ3v) is 5.31. The minimum absolute atomic E-state index is 0.0503. The van der Waals surface area contributed by atoms with Crippen LogP contribution in [0.1, 0.15) is 24.3 Å². The zero-order chi connectivity index (χ0) is 16.7. The van der Waals surface area contributed by atoms with Crippen LogP contribution in [0.3, 0.4) is 0 Å². The standard InChI is InChI=1S/C16H16N4O3S/c21-13-3-1-11(2-4-13)12-5-7-18(8-6-12)14-15(20(22)23)19-9-10-24-16(19)17-14/h1-4,9-10,12,21H,5-8H2. The number of aromatic hydroxyl groups is 1. The first kappa shape index (κ1) is 14.9. The molecule has 0 atom stereocenters. The molecule has 1 N–H and O–H groups in total. The van der Waals surface area contributed by atoms with E-state index in [1.807, 2.05) is 17.0 Å². The number of thiazole rings is 1. The van der Waals surface area contributed by atoms with Gasteiger partial charge in [0.25, 0.3) is 4.96 Å². The lowest BCUT2D eigenvalue weighted by Gasteiger charge is -2.31. The first-order chi connectivity index (χ1) is 11.6. The van der Waals surface area contributed by atoms with E-state index in [2.05, 4.69) is 4.98 Å². The predicted octanol–water partition coefficient (Wildman–Crippen LogP) is 3.39. The average Bonchev–Trinajstić information content (AvgIpc) is 3.16. The Hall–Kier alpha value is -2.61. The molecule has 0 radical (unpaired) electrons. The molecule has 4 rings (SSSR count). The zero-order valence-electron chi connectivity index (χ0n) is 12.8. The monoisotopic (exact) mass is 344 g/mol. The third-order valence-electron chi connectivity index (χ3n) is 4.55. The van der Waals surface area contributed by atoms with Gasteiger partial charge < -0.3 is 20.1 Å². The number of anilines is 1. The second-order valence-corrected chi connectivity index (χ2v) is 6.80. The molecule has 1 fully saturated rings. The van der Waals surface area contributed by atoms with Crippen LogP contribution in [-0.4, -0.2) is 32.5 Å². The number of rotatable bonds is 3. The molecule has 3 heterocycles. The first-order valence-electron chi connectivity index (χ1n) is 7.77. The van der Waals surface area contributed by atoms with Gasteiger partial charge in [0.2, 0.25) is 5.82 Å². The average molecular weight is 344 g/mol. The molecule has 0 bridgehead atoms. The number of hydrogen-bond acceptors (Lipinski definition) is 6. The number of piperidine rings is 1. The van der Waals surface area contributed by atoms with Crippen LogP contribution in [0.25, 0.3) is 4.96 Å². The molecule has 1 aliphatic rings. The van der Waals surface area contributed by atoms with Crippen molar-refractivity contribution < 1.29 is 10.0 Å². The topological polar surface area (TPSA) is 83.9 Å². The van der Waals surface area contributed by atoms with E-state index in [-0.39, 0.29) is 16.5 Å². The second-order valence-electron chi connectivity index (χ2n) is 5.92. The van der Waals surface area contributed by atoms with Crippen molar-refractivity contribution in [2.45, 2.75) is 18.8 Å². The Labute approximate surface area is 141 Å². The van der Waals surface area contributed by atoms with E-state index in [0.717, 1.165) is 25.9 Å². The SMILES string of the molecule is O=[N+]([O-])c1c(N2CCC(c3ccc(O)cc3)CC2)nc2sccn12. The van der Waals surface area contributed by atoms with E-state index in [1.165, 1.54) is 16.9 Å². The summed E-state index contributed by atoms with van der Waals surface area (Å²) in [5.41, 5.74) is 1.20. The highest BCUT2D eigenvalue weighted by Gasteiger charge is 2.30. The Balaban J connectivity index is 1.56. The van der Waals surface area contributed by atoms with Crippen molar-refractivity contribution in [2.24, 2.45) is 0 Å². The summed E-state index contributed by atoms with van der Waals surface area (Å²) in [6, 6.07) is 7.31. The maximum atomic E-state index is 11.5. The van der Waals surface area contributed by atoms with Gasteiger partial charge >= 0.3 is 5.82 Å². The van der Waals surface area contributed by atoms with Crippen molar-refractivity contribution in [3.8, 4) is 5.75 Å². The second kappa shape index (κ2) is 5.79. The van der Waals surface area contributed by atoms with Crippen molar-refractivity contribution in [1.82, 2.24) is 9.38 Å². The van der Waals surface area contributed by atoms with Gasteiger partial charge in [0.15, 0.2) is 0 Å². The van der Waals surface area contributed by atoms with Crippen molar-refractivity contribution >= 4 is 27.9 Å². The highest BCUT2D eigenvalue weighted by molar-refractivity contribution is 7.15. The Kier molecular flexibility index (Phi) is 3.61. The maximum Gasteiger partial charge on any atom is 0.373 e. The van der Waals surface area contributed by atoms with Gasteiger partial charge in [-0.1, -0.05) is 23.5 Å². The number of phenolic OH excluding ortho intramolecular Hbond substituents is 1. The fourth-order valence-electron chi connectivity index (χ4n) is 3.32. The lowest BCUT2D eigenvalue weighted by Crippen LogP contribution is -2.33. The number of benzene rings is 1. The predicted molar refractivity (Wildman–Crippen MR) is 92.0 cm³/mol. The molecule has 0 aliphatic carbocycles. The number of nitro groups is 1. The van der Waals surface area contributed by atoms with Crippen molar-refractivity contribution in [1.29, 1.82) is 0 Å². The number of aromatic nitrogens is 2. The molecule has 7 nitrogen and oxygen atoms in total. The molecule has 1 aliphatic heterocycles. The van der Waals surface area contributed by atoms with E-state index in [9.17, 15) is 15.2 Å². The smallest absolute Gasteiger partial charge is 0.373 e. The molecule has 0 spiro atoms. The molecule has 0 saturated carbocycles. The summed E-state index contributed by atoms with van der Waals surface area (Å²) >= 11 is 1.40. The zero-order valence-corrected chi connectivity index (χ0v) is 13.6. The van der Waals surface area contributed by atoms with E-state index in [4.69, 9.17) is 0 Å². The van der Waals surface area contributed by atoms with Crippen LogP contribution in [0.15, 0.2) is 35.8 Å². The minimum Gasteiger partial charge on any atom is -0.508 e. The van der Waals surface area contributed by atoms with E-state index >= 15 is 0 Å². The third kappa shape index (κ3) is 2.48. The Bertz CT molecular complexity index is 879. The van der Waals surface area contributed by atoms with E-state index < -0.39 is 0 Å². The van der Waals surface area contributed by atoms with Crippen LogP contribution >= 0.6 is 11.3 Å². The summed E-state index contributed by atoms with van der Waals surface area (Å²) in [4.78, 5) is 18.2. The Morgan fingerprint density at radius 1 is 1.25 bits per heavy atom. The van der Waals surface area contributed by atoms with Gasteiger partial charge in [-0.3, -0.25) is 0 Å². The molecule has 8 heteroatoms. The van der Waals surface area contributed by atoms with Crippen LogP contribution in [-0.2, 0) is 0 Å². The fraction of sp³-hybridized carbons (Fsp3) is 0.312. The summed E-state index contributed by atoms with van der Waals surface area (Å²) in [5.74, 6) is 1.19. The van der Waals surface area contributed by atoms with Gasteiger partial charge in [-0.25, -0.2) is 0 Å². The number of fused-ring (bicyclic) bond motifs is 1. The Morgan fingerprint density at radius 2 is 1.96 bits per heavy atom. The number of hydrogen-bond donors (Lipinski definition) is 1. The summed E-state index contributed by atoms with van der Waals surface area (Å²) in [6.45, 7) is 1.47. The lowest BCUT2D eigenvalue weighted by atomic mass is 9.89. The quantitative estimate of drug-likeness (QED) is 0.581. The molecule has 3 aromatic rings. The first-order valence-corrected chi connectivity index (χ1v) is 8.65. The van der Waals surface area contributed by atoms with Gasteiger partial charge in [-0.2, -0.15) is 9.38 Å². The Morgan fingerprint density at radius 3 is 2.62 bits per heavy atom. The van der Waals surface area contributed by atoms with Crippen molar-refractivity contribution in [3.63, 3.8) is 0 Å². The van der Waals surface area contributed by atoms with Crippen molar-refractivity contribution in [3.05, 3.63) is 51.5 Å². The summed E-state index contributed by atoms with van der Waals surface area (Å²) in [6.07, 6.45) is 3.51. The summed E-state index contributed by atoms with van der Waals surface area (Å²) in [7, 11) is 0. The van der Waals surface area contributed by atoms with Gasteiger partial charge in [-0.05, 0) is 41.4 Å².